The van der Waals surface area contributed by atoms with Crippen LogP contribution in [0.15, 0.2) is 47.4 Å². The van der Waals surface area contributed by atoms with Crippen molar-refractivity contribution in [1.29, 1.82) is 0 Å². The highest BCUT2D eigenvalue weighted by molar-refractivity contribution is 7.27. The number of nitrogens with zero attached hydrogens (tertiary/aromatic N) is 3. The van der Waals surface area contributed by atoms with Crippen molar-refractivity contribution in [2.75, 3.05) is 39.3 Å². The Morgan fingerprint density at radius 3 is 1.80 bits per heavy atom. The number of allylic oxidation sites excluding steroid dienone is 1. The van der Waals surface area contributed by atoms with E-state index in [4.69, 9.17) is 0 Å². The first-order valence-electron chi connectivity index (χ1n) is 8.66. The SMILES string of the molecule is Cc1ccc(P)cc1.O=C1C=C(N2CC2)C(=O)C(N2CC2)=C1N1CC1. The lowest BCUT2D eigenvalue weighted by atomic mass is 10.0. The topological polar surface area (TPSA) is 43.2 Å². The minimum absolute atomic E-state index is 0.00546. The van der Waals surface area contributed by atoms with E-state index in [1.165, 1.54) is 16.9 Å². The van der Waals surface area contributed by atoms with Crippen molar-refractivity contribution in [1.82, 2.24) is 14.7 Å². The van der Waals surface area contributed by atoms with Crippen molar-refractivity contribution in [3.05, 3.63) is 53.0 Å². The van der Waals surface area contributed by atoms with Crippen LogP contribution in [0.5, 0.6) is 0 Å². The molecule has 1 aromatic carbocycles. The van der Waals surface area contributed by atoms with Crippen LogP contribution >= 0.6 is 9.24 Å². The zero-order valence-corrected chi connectivity index (χ0v) is 15.5. The summed E-state index contributed by atoms with van der Waals surface area (Å²) in [7, 11) is 2.65. The van der Waals surface area contributed by atoms with E-state index in [0.29, 0.717) is 17.1 Å². The van der Waals surface area contributed by atoms with Crippen LogP contribution in [-0.4, -0.2) is 65.5 Å². The van der Waals surface area contributed by atoms with Gasteiger partial charge in [-0.15, -0.1) is 9.24 Å². The van der Waals surface area contributed by atoms with Crippen LogP contribution < -0.4 is 5.30 Å². The molecule has 5 nitrogen and oxygen atoms in total. The van der Waals surface area contributed by atoms with E-state index >= 15 is 0 Å². The molecule has 0 bridgehead atoms. The second-order valence-corrected chi connectivity index (χ2v) is 7.46. The average molecular weight is 355 g/mol. The Bertz CT molecular complexity index is 764. The second kappa shape index (κ2) is 6.30. The van der Waals surface area contributed by atoms with Crippen LogP contribution in [0.25, 0.3) is 0 Å². The van der Waals surface area contributed by atoms with Gasteiger partial charge >= 0.3 is 0 Å². The summed E-state index contributed by atoms with van der Waals surface area (Å²) in [5.41, 5.74) is 3.20. The maximum atomic E-state index is 12.4. The highest BCUT2D eigenvalue weighted by Gasteiger charge is 2.43. The van der Waals surface area contributed by atoms with E-state index in [-0.39, 0.29) is 11.6 Å². The van der Waals surface area contributed by atoms with Crippen LogP contribution in [0.1, 0.15) is 5.56 Å². The first-order chi connectivity index (χ1) is 12.0. The lowest BCUT2D eigenvalue weighted by Crippen LogP contribution is -2.29. The maximum Gasteiger partial charge on any atom is 0.227 e. The van der Waals surface area contributed by atoms with Crippen molar-refractivity contribution >= 4 is 26.1 Å². The van der Waals surface area contributed by atoms with Crippen LogP contribution in [0.3, 0.4) is 0 Å². The lowest BCUT2D eigenvalue weighted by molar-refractivity contribution is -0.117. The first-order valence-corrected chi connectivity index (χ1v) is 9.24. The number of benzene rings is 1. The summed E-state index contributed by atoms with van der Waals surface area (Å²) in [6.45, 7) is 7.49. The van der Waals surface area contributed by atoms with E-state index in [1.807, 2.05) is 14.7 Å². The van der Waals surface area contributed by atoms with Gasteiger partial charge in [0.15, 0.2) is 0 Å². The van der Waals surface area contributed by atoms with E-state index in [0.717, 1.165) is 39.3 Å². The van der Waals surface area contributed by atoms with Crippen LogP contribution in [0, 0.1) is 6.92 Å². The molecule has 0 aromatic heterocycles. The van der Waals surface area contributed by atoms with Gasteiger partial charge in [0.2, 0.25) is 11.6 Å². The Labute approximate surface area is 150 Å². The van der Waals surface area contributed by atoms with Gasteiger partial charge in [0.05, 0.1) is 5.70 Å². The quantitative estimate of drug-likeness (QED) is 0.453. The number of Topliss-reactive ketones (excluding diaryl/α,β-unsaturated/α-hetero) is 1. The summed E-state index contributed by atoms with van der Waals surface area (Å²) in [6.07, 6.45) is 1.52. The Morgan fingerprint density at radius 1 is 0.800 bits per heavy atom. The summed E-state index contributed by atoms with van der Waals surface area (Å²) in [5.74, 6) is 0.0485. The maximum absolute atomic E-state index is 12.4. The Balaban J connectivity index is 0.000000166. The monoisotopic (exact) mass is 355 g/mol. The molecular formula is C19H22N3O2P. The zero-order valence-electron chi connectivity index (χ0n) is 14.4. The highest BCUT2D eigenvalue weighted by Crippen LogP contribution is 2.33. The van der Waals surface area contributed by atoms with Gasteiger partial charge in [0.1, 0.15) is 11.4 Å². The smallest absolute Gasteiger partial charge is 0.227 e. The highest BCUT2D eigenvalue weighted by atomic mass is 31.0. The number of carbonyl (C=O) groups is 2. The third-order valence-corrected chi connectivity index (χ3v) is 4.95. The number of hydrogen-bond acceptors (Lipinski definition) is 5. The third-order valence-electron chi connectivity index (χ3n) is 4.57. The van der Waals surface area contributed by atoms with Crippen molar-refractivity contribution in [2.24, 2.45) is 0 Å². The molecule has 3 aliphatic heterocycles. The van der Waals surface area contributed by atoms with Gasteiger partial charge in [-0.3, -0.25) is 9.59 Å². The molecular weight excluding hydrogens is 333 g/mol. The molecule has 3 saturated heterocycles. The van der Waals surface area contributed by atoms with E-state index < -0.39 is 0 Å². The van der Waals surface area contributed by atoms with Crippen LogP contribution in [0.4, 0.5) is 0 Å². The fourth-order valence-corrected chi connectivity index (χ4v) is 3.03. The minimum atomic E-state index is 0.00546. The second-order valence-electron chi connectivity index (χ2n) is 6.79. The number of aryl methyl sites for hydroxylation is 1. The average Bonchev–Trinajstić information content (AvgIpc) is 3.45. The Hall–Kier alpha value is -2.13. The largest absolute Gasteiger partial charge is 0.365 e. The molecule has 0 spiro atoms. The molecule has 1 unspecified atom stereocenters. The normalized spacial score (nSPS) is 21.0. The van der Waals surface area contributed by atoms with Crippen molar-refractivity contribution in [3.8, 4) is 0 Å². The summed E-state index contributed by atoms with van der Waals surface area (Å²) in [6, 6.07) is 8.37. The van der Waals surface area contributed by atoms with Gasteiger partial charge in [0.25, 0.3) is 0 Å². The number of hydrogen-bond donors (Lipinski definition) is 0. The molecule has 6 heteroatoms. The molecule has 1 aromatic rings. The van der Waals surface area contributed by atoms with Gasteiger partial charge in [-0.1, -0.05) is 29.8 Å². The molecule has 0 amide bonds. The summed E-state index contributed by atoms with van der Waals surface area (Å²) >= 11 is 0. The summed E-state index contributed by atoms with van der Waals surface area (Å²) in [4.78, 5) is 30.5. The van der Waals surface area contributed by atoms with Gasteiger partial charge in [-0.25, -0.2) is 0 Å². The summed E-state index contributed by atoms with van der Waals surface area (Å²) in [5, 5.41) is 1.25. The number of ketones is 2. The number of carbonyl (C=O) groups excluding carboxylic acids is 2. The molecule has 1 aliphatic carbocycles. The van der Waals surface area contributed by atoms with Crippen molar-refractivity contribution < 1.29 is 9.59 Å². The molecule has 0 saturated carbocycles. The predicted molar refractivity (Wildman–Crippen MR) is 100 cm³/mol. The predicted octanol–water partition coefficient (Wildman–Crippen LogP) is 0.676. The number of rotatable bonds is 3. The molecule has 3 fully saturated rings. The van der Waals surface area contributed by atoms with Crippen LogP contribution in [-0.2, 0) is 9.59 Å². The molecule has 4 aliphatic rings. The fraction of sp³-hybridized carbons (Fsp3) is 0.368. The lowest BCUT2D eigenvalue weighted by Gasteiger charge is -2.21. The fourth-order valence-electron chi connectivity index (χ4n) is 2.84. The van der Waals surface area contributed by atoms with Crippen LogP contribution in [0.2, 0.25) is 0 Å². The van der Waals surface area contributed by atoms with Gasteiger partial charge in [0, 0.05) is 45.3 Å². The molecule has 0 radical (unpaired) electrons. The molecule has 25 heavy (non-hydrogen) atoms. The minimum Gasteiger partial charge on any atom is -0.365 e. The molecule has 3 heterocycles. The molecule has 1 atom stereocenters. The third kappa shape index (κ3) is 3.62. The summed E-state index contributed by atoms with van der Waals surface area (Å²) < 4.78 is 0. The van der Waals surface area contributed by atoms with Crippen molar-refractivity contribution in [2.45, 2.75) is 6.92 Å². The first kappa shape index (κ1) is 16.3. The Morgan fingerprint density at radius 2 is 1.32 bits per heavy atom. The van der Waals surface area contributed by atoms with Gasteiger partial charge in [-0.2, -0.15) is 0 Å². The molecule has 5 rings (SSSR count). The van der Waals surface area contributed by atoms with E-state index in [2.05, 4.69) is 40.4 Å². The van der Waals surface area contributed by atoms with E-state index in [9.17, 15) is 9.59 Å². The molecule has 130 valence electrons. The van der Waals surface area contributed by atoms with Crippen molar-refractivity contribution in [3.63, 3.8) is 0 Å². The zero-order chi connectivity index (χ0) is 17.6. The Kier molecular flexibility index (Phi) is 4.12. The standard InChI is InChI=1S/C12H13N3O2.C7H9P/c16-9-7-8(13-1-2-13)12(17)11(15-5-6-15)10(9)14-3-4-14;1-6-2-4-7(8)5-3-6/h7H,1-6H2;2-5H,8H2,1H3. The van der Waals surface area contributed by atoms with E-state index in [1.54, 1.807) is 0 Å². The van der Waals surface area contributed by atoms with Gasteiger partial charge in [-0.05, 0) is 12.2 Å². The molecule has 0 N–H and O–H groups in total. The van der Waals surface area contributed by atoms with Gasteiger partial charge < -0.3 is 14.7 Å².